The van der Waals surface area contributed by atoms with Crippen LogP contribution in [0.15, 0.2) is 83.4 Å². The average Bonchev–Trinajstić information content (AvgIpc) is 3.33. The van der Waals surface area contributed by atoms with Crippen LogP contribution in [0, 0.1) is 0 Å². The van der Waals surface area contributed by atoms with Crippen molar-refractivity contribution in [3.05, 3.63) is 95.0 Å². The largest absolute Gasteiger partial charge is 0.485 e. The van der Waals surface area contributed by atoms with Crippen molar-refractivity contribution in [3.63, 3.8) is 0 Å². The van der Waals surface area contributed by atoms with Gasteiger partial charge in [0.15, 0.2) is 5.76 Å². The van der Waals surface area contributed by atoms with Gasteiger partial charge in [-0.2, -0.15) is 0 Å². The summed E-state index contributed by atoms with van der Waals surface area (Å²) in [5.74, 6) is 1.67. The maximum atomic E-state index is 6.27. The summed E-state index contributed by atoms with van der Waals surface area (Å²) in [6.45, 7) is 0. The van der Waals surface area contributed by atoms with Gasteiger partial charge in [0.2, 0.25) is 0 Å². The molecule has 27 heavy (non-hydrogen) atoms. The minimum absolute atomic E-state index is 0.144. The van der Waals surface area contributed by atoms with E-state index in [-0.39, 0.29) is 6.10 Å². The molecule has 0 bridgehead atoms. The molecule has 0 spiro atoms. The summed E-state index contributed by atoms with van der Waals surface area (Å²) >= 11 is 6.06. The maximum absolute atomic E-state index is 6.27. The summed E-state index contributed by atoms with van der Waals surface area (Å²) in [6, 6.07) is 25.8. The van der Waals surface area contributed by atoms with E-state index in [4.69, 9.17) is 20.9 Å². The van der Waals surface area contributed by atoms with E-state index in [1.165, 1.54) is 5.56 Å². The molecule has 4 aromatic rings. The van der Waals surface area contributed by atoms with Gasteiger partial charge >= 0.3 is 0 Å². The Balaban J connectivity index is 1.65. The van der Waals surface area contributed by atoms with Crippen LogP contribution in [0.4, 0.5) is 0 Å². The van der Waals surface area contributed by atoms with Gasteiger partial charge in [-0.15, -0.1) is 0 Å². The summed E-state index contributed by atoms with van der Waals surface area (Å²) in [6.07, 6.45) is 0.646. The zero-order valence-corrected chi connectivity index (χ0v) is 15.2. The Morgan fingerprint density at radius 2 is 1.56 bits per heavy atom. The van der Waals surface area contributed by atoms with Crippen LogP contribution in [0.5, 0.6) is 5.75 Å². The van der Waals surface area contributed by atoms with Crippen molar-refractivity contribution >= 4 is 11.6 Å². The monoisotopic (exact) mass is 373 g/mol. The molecular formula is C23H16ClNO2. The number of para-hydroxylation sites is 1. The predicted octanol–water partition coefficient (Wildman–Crippen LogP) is 6.34. The number of ether oxygens (including phenoxy) is 1. The number of fused-ring (bicyclic) bond motifs is 1. The van der Waals surface area contributed by atoms with Gasteiger partial charge in [0, 0.05) is 22.6 Å². The zero-order chi connectivity index (χ0) is 18.2. The number of hydrogen-bond acceptors (Lipinski definition) is 3. The Hall–Kier alpha value is -3.04. The third kappa shape index (κ3) is 2.90. The lowest BCUT2D eigenvalue weighted by Gasteiger charge is -2.12. The highest BCUT2D eigenvalue weighted by Crippen LogP contribution is 2.44. The minimum Gasteiger partial charge on any atom is -0.485 e. The molecule has 1 atom stereocenters. The van der Waals surface area contributed by atoms with E-state index in [0.29, 0.717) is 5.02 Å². The third-order valence-electron chi connectivity index (χ3n) is 4.85. The van der Waals surface area contributed by atoms with E-state index < -0.39 is 0 Å². The number of rotatable bonds is 3. The fourth-order valence-corrected chi connectivity index (χ4v) is 3.68. The average molecular weight is 374 g/mol. The number of halogens is 1. The van der Waals surface area contributed by atoms with Crippen LogP contribution in [0.25, 0.3) is 22.6 Å². The SMILES string of the molecule is Clc1ccc(-c2noc(-c3ccccc3)c2C2Cc3ccccc3O2)cc1. The van der Waals surface area contributed by atoms with Crippen molar-refractivity contribution in [2.45, 2.75) is 12.5 Å². The first kappa shape index (κ1) is 16.2. The van der Waals surface area contributed by atoms with Gasteiger partial charge in [-0.1, -0.05) is 77.4 Å². The number of aromatic nitrogens is 1. The molecule has 2 heterocycles. The quantitative estimate of drug-likeness (QED) is 0.420. The molecule has 0 N–H and O–H groups in total. The lowest BCUT2D eigenvalue weighted by atomic mass is 9.96. The molecule has 0 saturated carbocycles. The smallest absolute Gasteiger partial charge is 0.174 e. The standard InChI is InChI=1S/C23H16ClNO2/c24-18-12-10-15(11-13-18)22-21(20-14-17-8-4-5-9-19(17)26-20)23(27-25-22)16-6-2-1-3-7-16/h1-13,20H,14H2. The summed E-state index contributed by atoms with van der Waals surface area (Å²) in [5, 5.41) is 5.09. The molecule has 0 fully saturated rings. The predicted molar refractivity (Wildman–Crippen MR) is 106 cm³/mol. The highest BCUT2D eigenvalue weighted by atomic mass is 35.5. The Kier molecular flexibility index (Phi) is 3.95. The summed E-state index contributed by atoms with van der Waals surface area (Å²) in [4.78, 5) is 0. The van der Waals surface area contributed by atoms with Crippen LogP contribution in [0.3, 0.4) is 0 Å². The lowest BCUT2D eigenvalue weighted by Crippen LogP contribution is -2.05. The van der Waals surface area contributed by atoms with Crippen LogP contribution in [-0.2, 0) is 6.42 Å². The summed E-state index contributed by atoms with van der Waals surface area (Å²) < 4.78 is 12.1. The first-order chi connectivity index (χ1) is 13.3. The third-order valence-corrected chi connectivity index (χ3v) is 5.10. The highest BCUT2D eigenvalue weighted by Gasteiger charge is 2.32. The van der Waals surface area contributed by atoms with Crippen molar-refractivity contribution in [2.75, 3.05) is 0 Å². The molecular weight excluding hydrogens is 358 g/mol. The van der Waals surface area contributed by atoms with Gasteiger partial charge in [0.05, 0.1) is 5.56 Å². The van der Waals surface area contributed by atoms with Gasteiger partial charge in [-0.25, -0.2) is 0 Å². The van der Waals surface area contributed by atoms with Gasteiger partial charge in [0.1, 0.15) is 17.5 Å². The molecule has 0 aliphatic carbocycles. The van der Waals surface area contributed by atoms with Crippen molar-refractivity contribution in [3.8, 4) is 28.3 Å². The molecule has 0 amide bonds. The molecule has 1 aromatic heterocycles. The van der Waals surface area contributed by atoms with E-state index in [1.807, 2.05) is 72.8 Å². The first-order valence-electron chi connectivity index (χ1n) is 8.85. The number of hydrogen-bond donors (Lipinski definition) is 0. The molecule has 1 aliphatic heterocycles. The Morgan fingerprint density at radius 3 is 2.33 bits per heavy atom. The van der Waals surface area contributed by atoms with Crippen molar-refractivity contribution in [2.24, 2.45) is 0 Å². The Morgan fingerprint density at radius 1 is 0.815 bits per heavy atom. The fraction of sp³-hybridized carbons (Fsp3) is 0.0870. The van der Waals surface area contributed by atoms with E-state index >= 15 is 0 Å². The second-order valence-corrected chi connectivity index (χ2v) is 7.00. The van der Waals surface area contributed by atoms with E-state index in [0.717, 1.165) is 40.3 Å². The van der Waals surface area contributed by atoms with Crippen LogP contribution >= 0.6 is 11.6 Å². The lowest BCUT2D eigenvalue weighted by molar-refractivity contribution is 0.239. The van der Waals surface area contributed by atoms with Crippen LogP contribution < -0.4 is 4.74 Å². The minimum atomic E-state index is -0.144. The molecule has 0 saturated heterocycles. The molecule has 3 aromatic carbocycles. The molecule has 3 nitrogen and oxygen atoms in total. The first-order valence-corrected chi connectivity index (χ1v) is 9.23. The Labute approximate surface area is 162 Å². The zero-order valence-electron chi connectivity index (χ0n) is 14.4. The summed E-state index contributed by atoms with van der Waals surface area (Å²) in [7, 11) is 0. The van der Waals surface area contributed by atoms with E-state index in [1.54, 1.807) is 0 Å². The summed E-state index contributed by atoms with van der Waals surface area (Å²) in [5.41, 5.74) is 4.91. The van der Waals surface area contributed by atoms with Gasteiger partial charge in [-0.05, 0) is 23.8 Å². The highest BCUT2D eigenvalue weighted by molar-refractivity contribution is 6.30. The second kappa shape index (κ2) is 6.60. The van der Waals surface area contributed by atoms with Crippen molar-refractivity contribution < 1.29 is 9.26 Å². The van der Waals surface area contributed by atoms with Gasteiger partial charge < -0.3 is 9.26 Å². The second-order valence-electron chi connectivity index (χ2n) is 6.57. The number of benzene rings is 3. The van der Waals surface area contributed by atoms with Gasteiger partial charge in [0.25, 0.3) is 0 Å². The number of nitrogens with zero attached hydrogens (tertiary/aromatic N) is 1. The maximum Gasteiger partial charge on any atom is 0.174 e. The van der Waals surface area contributed by atoms with E-state index in [2.05, 4.69) is 11.2 Å². The molecule has 132 valence electrons. The van der Waals surface area contributed by atoms with E-state index in [9.17, 15) is 0 Å². The Bertz CT molecular complexity index is 1060. The van der Waals surface area contributed by atoms with Crippen molar-refractivity contribution in [1.82, 2.24) is 5.16 Å². The fourth-order valence-electron chi connectivity index (χ4n) is 3.55. The molecule has 1 aliphatic rings. The van der Waals surface area contributed by atoms with Crippen LogP contribution in [-0.4, -0.2) is 5.16 Å². The topological polar surface area (TPSA) is 35.3 Å². The molecule has 4 heteroatoms. The normalized spacial score (nSPS) is 15.4. The molecule has 0 radical (unpaired) electrons. The van der Waals surface area contributed by atoms with Crippen LogP contribution in [0.2, 0.25) is 5.02 Å². The van der Waals surface area contributed by atoms with Gasteiger partial charge in [-0.3, -0.25) is 0 Å². The van der Waals surface area contributed by atoms with Crippen molar-refractivity contribution in [1.29, 1.82) is 0 Å². The van der Waals surface area contributed by atoms with Crippen LogP contribution in [0.1, 0.15) is 17.2 Å². The molecule has 1 unspecified atom stereocenters. The molecule has 5 rings (SSSR count).